The smallest absolute Gasteiger partial charge is 0.175 e. The van der Waals surface area contributed by atoms with Crippen LogP contribution in [-0.2, 0) is 6.54 Å². The Balaban J connectivity index is 1.87. The van der Waals surface area contributed by atoms with Crippen LogP contribution in [0.5, 0.6) is 5.75 Å². The molecule has 3 rings (SSSR count). The number of hydrogen-bond donors (Lipinski definition) is 2. The zero-order valence-electron chi connectivity index (χ0n) is 11.4. The van der Waals surface area contributed by atoms with E-state index in [1.54, 1.807) is 6.33 Å². The summed E-state index contributed by atoms with van der Waals surface area (Å²) in [5.41, 5.74) is 2.50. The molecule has 0 fully saturated rings. The van der Waals surface area contributed by atoms with Crippen molar-refractivity contribution >= 4 is 60.8 Å². The number of phenolic OH excluding ortho intramolecular Hbond substituents is 1. The van der Waals surface area contributed by atoms with Gasteiger partial charge in [-0.2, -0.15) is 0 Å². The van der Waals surface area contributed by atoms with Gasteiger partial charge in [0.2, 0.25) is 0 Å². The van der Waals surface area contributed by atoms with Crippen molar-refractivity contribution in [1.29, 1.82) is 0 Å². The first kappa shape index (κ1) is 15.6. The van der Waals surface area contributed by atoms with Crippen LogP contribution in [0.3, 0.4) is 0 Å². The number of nitrogens with one attached hydrogen (secondary N) is 1. The highest BCUT2D eigenvalue weighted by atomic mass is 79.9. The summed E-state index contributed by atoms with van der Waals surface area (Å²) in [6, 6.07) is 3.71. The van der Waals surface area contributed by atoms with Crippen LogP contribution in [0.4, 0.5) is 5.82 Å². The van der Waals surface area contributed by atoms with Crippen LogP contribution in [0, 0.1) is 0 Å². The Morgan fingerprint density at radius 2 is 1.95 bits per heavy atom. The third-order valence-corrected chi connectivity index (χ3v) is 4.91. The molecule has 114 valence electrons. The lowest BCUT2D eigenvalue weighted by Crippen LogP contribution is -2.03. The molecule has 0 amide bonds. The van der Waals surface area contributed by atoms with Gasteiger partial charge in [0.1, 0.15) is 18.4 Å². The van der Waals surface area contributed by atoms with E-state index in [9.17, 15) is 5.11 Å². The molecule has 9 heteroatoms. The molecule has 2 aromatic heterocycles. The number of halogens is 2. The third kappa shape index (κ3) is 2.92. The van der Waals surface area contributed by atoms with Crippen molar-refractivity contribution in [2.24, 2.45) is 0 Å². The number of aromatic nitrogens is 4. The molecule has 2 N–H and O–H groups in total. The summed E-state index contributed by atoms with van der Waals surface area (Å²) >= 11 is 8.18. The van der Waals surface area contributed by atoms with Gasteiger partial charge >= 0.3 is 0 Å². The fourth-order valence-corrected chi connectivity index (χ4v) is 3.71. The molecular formula is C13H11Br2N5OS. The molecule has 3 aromatic rings. The Morgan fingerprint density at radius 1 is 1.23 bits per heavy atom. The molecule has 0 atom stereocenters. The quantitative estimate of drug-likeness (QED) is 0.637. The lowest BCUT2D eigenvalue weighted by atomic mass is 10.2. The van der Waals surface area contributed by atoms with Crippen molar-refractivity contribution in [3.05, 3.63) is 39.3 Å². The van der Waals surface area contributed by atoms with Crippen molar-refractivity contribution in [2.75, 3.05) is 11.6 Å². The molecule has 0 spiro atoms. The highest BCUT2D eigenvalue weighted by Gasteiger charge is 2.10. The standard InChI is InChI=1S/C13H11Br2N5OS/c1-22-20-6-19-10-12(17-5-18-13(10)20)16-4-7-2-8(14)11(21)9(15)3-7/h2-3,5-6,21H,4H2,1H3,(H,16,17,18). The predicted molar refractivity (Wildman–Crippen MR) is 95.1 cm³/mol. The minimum absolute atomic E-state index is 0.187. The Morgan fingerprint density at radius 3 is 2.64 bits per heavy atom. The van der Waals surface area contributed by atoms with Crippen molar-refractivity contribution in [3.63, 3.8) is 0 Å². The Kier molecular flexibility index (Phi) is 4.55. The lowest BCUT2D eigenvalue weighted by Gasteiger charge is -2.08. The molecule has 6 nitrogen and oxygen atoms in total. The van der Waals surface area contributed by atoms with Gasteiger partial charge in [0.25, 0.3) is 0 Å². The molecular weight excluding hydrogens is 434 g/mol. The second-order valence-electron chi connectivity index (χ2n) is 4.41. The molecule has 0 saturated carbocycles. The maximum atomic E-state index is 9.74. The maximum Gasteiger partial charge on any atom is 0.175 e. The topological polar surface area (TPSA) is 75.9 Å². The number of anilines is 1. The number of fused-ring (bicyclic) bond motifs is 1. The molecule has 22 heavy (non-hydrogen) atoms. The SMILES string of the molecule is CSn1cnc2c(NCc3cc(Br)c(O)c(Br)c3)ncnc21. The number of rotatable bonds is 4. The summed E-state index contributed by atoms with van der Waals surface area (Å²) in [5.74, 6) is 0.866. The molecule has 0 aliphatic heterocycles. The molecule has 0 aliphatic rings. The Hall–Kier alpha value is -1.32. The first-order valence-corrected chi connectivity index (χ1v) is 9.00. The van der Waals surface area contributed by atoms with Gasteiger partial charge in [-0.1, -0.05) is 0 Å². The molecule has 0 saturated heterocycles. The van der Waals surface area contributed by atoms with E-state index in [4.69, 9.17) is 0 Å². The molecule has 2 heterocycles. The summed E-state index contributed by atoms with van der Waals surface area (Å²) < 4.78 is 3.16. The van der Waals surface area contributed by atoms with Crippen LogP contribution >= 0.6 is 43.8 Å². The largest absolute Gasteiger partial charge is 0.506 e. The van der Waals surface area contributed by atoms with Crippen LogP contribution in [0.15, 0.2) is 33.7 Å². The summed E-state index contributed by atoms with van der Waals surface area (Å²) in [6.07, 6.45) is 5.20. The molecule has 0 bridgehead atoms. The van der Waals surface area contributed by atoms with Crippen molar-refractivity contribution in [3.8, 4) is 5.75 Å². The summed E-state index contributed by atoms with van der Waals surface area (Å²) in [7, 11) is 0. The van der Waals surface area contributed by atoms with Crippen molar-refractivity contribution in [1.82, 2.24) is 18.9 Å². The van der Waals surface area contributed by atoms with E-state index in [-0.39, 0.29) is 5.75 Å². The first-order chi connectivity index (χ1) is 10.6. The molecule has 0 aliphatic carbocycles. The van der Waals surface area contributed by atoms with Gasteiger partial charge in [0, 0.05) is 12.8 Å². The normalized spacial score (nSPS) is 11.0. The summed E-state index contributed by atoms with van der Waals surface area (Å²) in [6.45, 7) is 0.551. The monoisotopic (exact) mass is 443 g/mol. The van der Waals surface area contributed by atoms with Crippen LogP contribution < -0.4 is 5.32 Å². The highest BCUT2D eigenvalue weighted by molar-refractivity contribution is 9.11. The number of phenols is 1. The van der Waals surface area contributed by atoms with Crippen molar-refractivity contribution in [2.45, 2.75) is 6.54 Å². The van der Waals surface area contributed by atoms with Crippen LogP contribution in [0.1, 0.15) is 5.56 Å². The fraction of sp³-hybridized carbons (Fsp3) is 0.154. The van der Waals surface area contributed by atoms with E-state index in [2.05, 4.69) is 52.1 Å². The minimum atomic E-state index is 0.187. The number of imidazole rings is 1. The fourth-order valence-electron chi connectivity index (χ4n) is 1.98. The van der Waals surface area contributed by atoms with Gasteiger partial charge in [-0.15, -0.1) is 0 Å². The summed E-state index contributed by atoms with van der Waals surface area (Å²) in [5, 5.41) is 13.0. The average Bonchev–Trinajstić information content (AvgIpc) is 2.94. The summed E-state index contributed by atoms with van der Waals surface area (Å²) in [4.78, 5) is 12.8. The maximum absolute atomic E-state index is 9.74. The molecule has 0 unspecified atom stereocenters. The van der Waals surface area contributed by atoms with Gasteiger partial charge in [-0.3, -0.25) is 3.97 Å². The van der Waals surface area contributed by atoms with Gasteiger partial charge < -0.3 is 10.4 Å². The van der Waals surface area contributed by atoms with Crippen molar-refractivity contribution < 1.29 is 5.11 Å². The van der Waals surface area contributed by atoms with E-state index >= 15 is 0 Å². The third-order valence-electron chi connectivity index (χ3n) is 3.04. The average molecular weight is 445 g/mol. The molecule has 1 aromatic carbocycles. The zero-order chi connectivity index (χ0) is 15.7. The highest BCUT2D eigenvalue weighted by Crippen LogP contribution is 2.33. The van der Waals surface area contributed by atoms with Gasteiger partial charge in [-0.25, -0.2) is 15.0 Å². The van der Waals surface area contributed by atoms with E-state index in [0.29, 0.717) is 21.3 Å². The number of nitrogens with zero attached hydrogens (tertiary/aromatic N) is 4. The predicted octanol–water partition coefficient (Wildman–Crippen LogP) is 3.80. The van der Waals surface area contributed by atoms with Crippen LogP contribution in [0.25, 0.3) is 11.2 Å². The van der Waals surface area contributed by atoms with Gasteiger partial charge in [0.05, 0.1) is 8.95 Å². The van der Waals surface area contributed by atoms with E-state index in [1.807, 2.05) is 22.4 Å². The van der Waals surface area contributed by atoms with Crippen LogP contribution in [0.2, 0.25) is 0 Å². The number of benzene rings is 1. The Bertz CT molecular complexity index is 815. The lowest BCUT2D eigenvalue weighted by molar-refractivity contribution is 0.468. The Labute approximate surface area is 147 Å². The second-order valence-corrected chi connectivity index (χ2v) is 6.88. The minimum Gasteiger partial charge on any atom is -0.506 e. The van der Waals surface area contributed by atoms with Crippen LogP contribution in [-0.4, -0.2) is 30.3 Å². The number of aromatic hydroxyl groups is 1. The van der Waals surface area contributed by atoms with E-state index in [1.165, 1.54) is 18.3 Å². The number of hydrogen-bond acceptors (Lipinski definition) is 6. The van der Waals surface area contributed by atoms with E-state index < -0.39 is 0 Å². The molecule has 0 radical (unpaired) electrons. The first-order valence-electron chi connectivity index (χ1n) is 6.23. The zero-order valence-corrected chi connectivity index (χ0v) is 15.4. The van der Waals surface area contributed by atoms with Gasteiger partial charge in [0.15, 0.2) is 17.0 Å². The van der Waals surface area contributed by atoms with E-state index in [0.717, 1.165) is 16.7 Å². The second kappa shape index (κ2) is 6.43. The van der Waals surface area contributed by atoms with Gasteiger partial charge in [-0.05, 0) is 61.5 Å².